The van der Waals surface area contributed by atoms with Crippen LogP contribution >= 0.6 is 0 Å². The minimum absolute atomic E-state index is 0.194. The van der Waals surface area contributed by atoms with Crippen LogP contribution in [0.25, 0.3) is 11.6 Å². The minimum Gasteiger partial charge on any atom is -0.493 e. The Bertz CT molecular complexity index is 850. The number of aryl methyl sites for hydroxylation is 1. The number of aliphatic imine (C=N–C) groups is 1. The average molecular weight is 282 g/mol. The molecule has 1 N–H and O–H groups in total. The van der Waals surface area contributed by atoms with Crippen LogP contribution in [-0.4, -0.2) is 27.5 Å². The Hall–Kier alpha value is -2.56. The third-order valence-electron chi connectivity index (χ3n) is 3.81. The molecule has 0 unspecified atom stereocenters. The predicted molar refractivity (Wildman–Crippen MR) is 84.7 cm³/mol. The van der Waals surface area contributed by atoms with E-state index < -0.39 is 0 Å². The van der Waals surface area contributed by atoms with Gasteiger partial charge in [-0.05, 0) is 24.6 Å². The number of rotatable bonds is 1. The molecule has 2 heterocycles. The number of hydrogen-bond acceptors (Lipinski definition) is 3. The highest BCUT2D eigenvalue weighted by Gasteiger charge is 2.16. The summed E-state index contributed by atoms with van der Waals surface area (Å²) in [4.78, 5) is 8.62. The number of fused-ring (bicyclic) bond motifs is 1. The monoisotopic (exact) mass is 282 g/mol. The van der Waals surface area contributed by atoms with Crippen molar-refractivity contribution in [3.63, 3.8) is 0 Å². The molecule has 0 saturated heterocycles. The largest absolute Gasteiger partial charge is 0.493 e. The highest BCUT2D eigenvalue weighted by atomic mass is 16.3. The summed E-state index contributed by atoms with van der Waals surface area (Å²) in [6, 6.07) is 6.19. The van der Waals surface area contributed by atoms with Gasteiger partial charge in [-0.1, -0.05) is 12.1 Å². The topological polar surface area (TPSA) is 54.8 Å². The SMILES string of the molecule is CN=c1n(C)c(O)c(C=C2C=Nc3cc(C)ccc32)n1C. The van der Waals surface area contributed by atoms with E-state index in [1.165, 1.54) is 5.56 Å². The van der Waals surface area contributed by atoms with Gasteiger partial charge < -0.3 is 9.67 Å². The maximum atomic E-state index is 10.3. The molecule has 5 nitrogen and oxygen atoms in total. The van der Waals surface area contributed by atoms with E-state index in [0.717, 1.165) is 16.8 Å². The van der Waals surface area contributed by atoms with Crippen molar-refractivity contribution in [1.82, 2.24) is 9.13 Å². The zero-order chi connectivity index (χ0) is 15.1. The first kappa shape index (κ1) is 13.4. The number of aromatic hydroxyl groups is 1. The molecular weight excluding hydrogens is 264 g/mol. The second-order valence-electron chi connectivity index (χ2n) is 5.23. The van der Waals surface area contributed by atoms with Crippen LogP contribution in [0.3, 0.4) is 0 Å². The molecule has 0 fully saturated rings. The predicted octanol–water partition coefficient (Wildman–Crippen LogP) is 2.16. The number of imidazole rings is 1. The molecule has 1 aliphatic rings. The zero-order valence-electron chi connectivity index (χ0n) is 12.6. The van der Waals surface area contributed by atoms with Crippen LogP contribution < -0.4 is 5.62 Å². The summed E-state index contributed by atoms with van der Waals surface area (Å²) in [5, 5.41) is 10.3. The quantitative estimate of drug-likeness (QED) is 0.856. The molecule has 0 atom stereocenters. The molecule has 0 aliphatic carbocycles. The van der Waals surface area contributed by atoms with E-state index >= 15 is 0 Å². The Morgan fingerprint density at radius 3 is 2.67 bits per heavy atom. The molecule has 0 amide bonds. The molecule has 0 bridgehead atoms. The standard InChI is InChI=1S/C16H18N4O/c1-10-5-6-12-11(9-18-13(12)7-10)8-14-15(21)20(4)16(17-2)19(14)3/h5-9,21H,1-4H3. The summed E-state index contributed by atoms with van der Waals surface area (Å²) >= 11 is 0. The summed E-state index contributed by atoms with van der Waals surface area (Å²) in [5.74, 6) is 0.194. The molecule has 5 heteroatoms. The lowest BCUT2D eigenvalue weighted by Gasteiger charge is -2.02. The third-order valence-corrected chi connectivity index (χ3v) is 3.81. The Morgan fingerprint density at radius 2 is 2.00 bits per heavy atom. The number of nitrogens with zero attached hydrogens (tertiary/aromatic N) is 4. The number of benzene rings is 1. The highest BCUT2D eigenvalue weighted by molar-refractivity contribution is 6.21. The molecule has 1 aromatic carbocycles. The molecule has 2 aromatic rings. The van der Waals surface area contributed by atoms with Crippen molar-refractivity contribution in [1.29, 1.82) is 0 Å². The van der Waals surface area contributed by atoms with Crippen molar-refractivity contribution in [2.45, 2.75) is 6.92 Å². The molecule has 1 aromatic heterocycles. The van der Waals surface area contributed by atoms with E-state index in [0.29, 0.717) is 11.3 Å². The first-order valence-electron chi connectivity index (χ1n) is 6.77. The normalized spacial score (nSPS) is 16.0. The Morgan fingerprint density at radius 1 is 1.24 bits per heavy atom. The molecule has 0 saturated carbocycles. The van der Waals surface area contributed by atoms with Gasteiger partial charge in [-0.15, -0.1) is 0 Å². The van der Waals surface area contributed by atoms with Crippen molar-refractivity contribution in [2.75, 3.05) is 7.05 Å². The fourth-order valence-corrected chi connectivity index (χ4v) is 2.67. The van der Waals surface area contributed by atoms with E-state index in [2.05, 4.69) is 35.1 Å². The fourth-order valence-electron chi connectivity index (χ4n) is 2.67. The first-order valence-corrected chi connectivity index (χ1v) is 6.77. The van der Waals surface area contributed by atoms with Crippen LogP contribution in [-0.2, 0) is 14.1 Å². The lowest BCUT2D eigenvalue weighted by atomic mass is 10.0. The van der Waals surface area contributed by atoms with Crippen molar-refractivity contribution >= 4 is 23.6 Å². The maximum absolute atomic E-state index is 10.3. The van der Waals surface area contributed by atoms with E-state index in [4.69, 9.17) is 0 Å². The number of allylic oxidation sites excluding steroid dienone is 1. The fraction of sp³-hybridized carbons (Fsp3) is 0.250. The van der Waals surface area contributed by atoms with Gasteiger partial charge in [0.05, 0.1) is 5.69 Å². The van der Waals surface area contributed by atoms with Crippen molar-refractivity contribution in [3.8, 4) is 5.88 Å². The molecular formula is C16H18N4O. The highest BCUT2D eigenvalue weighted by Crippen LogP contribution is 2.34. The summed E-state index contributed by atoms with van der Waals surface area (Å²) in [7, 11) is 5.39. The zero-order valence-corrected chi connectivity index (χ0v) is 12.6. The van der Waals surface area contributed by atoms with Crippen molar-refractivity contribution < 1.29 is 5.11 Å². The summed E-state index contributed by atoms with van der Waals surface area (Å²) in [6.45, 7) is 2.05. The minimum atomic E-state index is 0.194. The second-order valence-corrected chi connectivity index (χ2v) is 5.23. The number of aromatic nitrogens is 2. The van der Waals surface area contributed by atoms with E-state index in [1.807, 2.05) is 23.9 Å². The second kappa shape index (κ2) is 4.77. The lowest BCUT2D eigenvalue weighted by Crippen LogP contribution is -2.22. The summed E-state index contributed by atoms with van der Waals surface area (Å²) in [5.41, 5.74) is 5.65. The Labute approximate surface area is 123 Å². The van der Waals surface area contributed by atoms with Crippen LogP contribution in [0.5, 0.6) is 5.88 Å². The van der Waals surface area contributed by atoms with Crippen LogP contribution in [0.1, 0.15) is 16.8 Å². The Balaban J connectivity index is 2.17. The Kier molecular flexibility index (Phi) is 3.05. The van der Waals surface area contributed by atoms with Gasteiger partial charge in [0.1, 0.15) is 5.69 Å². The summed E-state index contributed by atoms with van der Waals surface area (Å²) in [6.07, 6.45) is 3.77. The molecule has 1 aliphatic heterocycles. The van der Waals surface area contributed by atoms with Gasteiger partial charge in [-0.2, -0.15) is 0 Å². The van der Waals surface area contributed by atoms with Crippen LogP contribution in [0.2, 0.25) is 0 Å². The van der Waals surface area contributed by atoms with Crippen LogP contribution in [0.15, 0.2) is 28.2 Å². The maximum Gasteiger partial charge on any atom is 0.218 e. The summed E-state index contributed by atoms with van der Waals surface area (Å²) < 4.78 is 3.52. The molecule has 0 radical (unpaired) electrons. The van der Waals surface area contributed by atoms with Gasteiger partial charge in [0.15, 0.2) is 0 Å². The first-order chi connectivity index (χ1) is 10.0. The third kappa shape index (κ3) is 2.01. The van der Waals surface area contributed by atoms with Gasteiger partial charge in [0, 0.05) is 38.5 Å². The van der Waals surface area contributed by atoms with Gasteiger partial charge in [-0.25, -0.2) is 0 Å². The number of hydrogen-bond donors (Lipinski definition) is 1. The van der Waals surface area contributed by atoms with Crippen molar-refractivity contribution in [2.24, 2.45) is 24.1 Å². The smallest absolute Gasteiger partial charge is 0.218 e. The van der Waals surface area contributed by atoms with Crippen LogP contribution in [0.4, 0.5) is 5.69 Å². The van der Waals surface area contributed by atoms with Gasteiger partial charge in [0.2, 0.25) is 11.5 Å². The van der Waals surface area contributed by atoms with Crippen LogP contribution in [0, 0.1) is 6.92 Å². The van der Waals surface area contributed by atoms with E-state index in [-0.39, 0.29) is 5.88 Å². The van der Waals surface area contributed by atoms with Gasteiger partial charge in [-0.3, -0.25) is 14.6 Å². The van der Waals surface area contributed by atoms with Gasteiger partial charge in [0.25, 0.3) is 0 Å². The van der Waals surface area contributed by atoms with E-state index in [1.54, 1.807) is 18.7 Å². The van der Waals surface area contributed by atoms with Crippen molar-refractivity contribution in [3.05, 3.63) is 40.6 Å². The lowest BCUT2D eigenvalue weighted by molar-refractivity contribution is 0.427. The van der Waals surface area contributed by atoms with E-state index in [9.17, 15) is 5.11 Å². The molecule has 21 heavy (non-hydrogen) atoms. The molecule has 3 rings (SSSR count). The molecule has 0 spiro atoms. The van der Waals surface area contributed by atoms with Gasteiger partial charge >= 0.3 is 0 Å². The average Bonchev–Trinajstić information content (AvgIpc) is 2.94. The molecule has 108 valence electrons.